The topological polar surface area (TPSA) is 24.8 Å². The van der Waals surface area contributed by atoms with E-state index in [1.165, 1.54) is 29.9 Å². The fourth-order valence-corrected chi connectivity index (χ4v) is 3.71. The van der Waals surface area contributed by atoms with Crippen LogP contribution >= 0.6 is 11.3 Å². The summed E-state index contributed by atoms with van der Waals surface area (Å²) in [6.45, 7) is 5.13. The highest BCUT2D eigenvalue weighted by molar-refractivity contribution is 7.12. The molecule has 1 fully saturated rings. The molecule has 1 amide bonds. The minimum Gasteiger partial charge on any atom is -0.332 e. The minimum absolute atomic E-state index is 0.207. The molecule has 116 valence electrons. The van der Waals surface area contributed by atoms with Crippen molar-refractivity contribution in [1.29, 1.82) is 0 Å². The largest absolute Gasteiger partial charge is 0.332 e. The van der Waals surface area contributed by atoms with Gasteiger partial charge in [0, 0.05) is 6.42 Å². The first-order valence-electron chi connectivity index (χ1n) is 8.03. The average Bonchev–Trinajstić information content (AvgIpc) is 3.10. The summed E-state index contributed by atoms with van der Waals surface area (Å²) in [4.78, 5) is 16.8. The summed E-state index contributed by atoms with van der Waals surface area (Å²) in [5, 5.41) is 1.97. The standard InChI is InChI=1S/C18H22N2OS/c21-18(17-9-5-15-22-17)20-13-11-19(12-14-20)10-4-8-16-6-2-1-3-7-16/h1-3,5-7,9,15H,4,8,10-14H2/p+1. The molecule has 0 aliphatic carbocycles. The van der Waals surface area contributed by atoms with Crippen molar-refractivity contribution in [2.75, 3.05) is 32.7 Å². The van der Waals surface area contributed by atoms with E-state index in [1.807, 2.05) is 22.4 Å². The third-order valence-electron chi connectivity index (χ3n) is 4.33. The van der Waals surface area contributed by atoms with Crippen LogP contribution in [0.1, 0.15) is 21.7 Å². The first kappa shape index (κ1) is 15.3. The van der Waals surface area contributed by atoms with E-state index in [1.54, 1.807) is 4.90 Å². The van der Waals surface area contributed by atoms with Crippen molar-refractivity contribution in [3.8, 4) is 0 Å². The lowest BCUT2D eigenvalue weighted by Crippen LogP contribution is -3.14. The van der Waals surface area contributed by atoms with Crippen LogP contribution in [-0.2, 0) is 6.42 Å². The number of nitrogens with zero attached hydrogens (tertiary/aromatic N) is 1. The molecule has 0 radical (unpaired) electrons. The van der Waals surface area contributed by atoms with Gasteiger partial charge >= 0.3 is 0 Å². The zero-order chi connectivity index (χ0) is 15.2. The second kappa shape index (κ2) is 7.56. The molecule has 1 N–H and O–H groups in total. The van der Waals surface area contributed by atoms with Crippen LogP contribution in [-0.4, -0.2) is 43.5 Å². The van der Waals surface area contributed by atoms with Gasteiger partial charge in [-0.25, -0.2) is 0 Å². The van der Waals surface area contributed by atoms with E-state index in [4.69, 9.17) is 0 Å². The third kappa shape index (κ3) is 3.96. The number of hydrogen-bond donors (Lipinski definition) is 1. The molecule has 0 saturated carbocycles. The summed E-state index contributed by atoms with van der Waals surface area (Å²) >= 11 is 1.54. The molecule has 1 aliphatic heterocycles. The molecule has 1 saturated heterocycles. The second-order valence-corrected chi connectivity index (χ2v) is 6.81. The van der Waals surface area contributed by atoms with E-state index in [9.17, 15) is 4.79 Å². The number of quaternary nitrogens is 1. The Morgan fingerprint density at radius 1 is 1.09 bits per heavy atom. The lowest BCUT2D eigenvalue weighted by Gasteiger charge is -2.32. The van der Waals surface area contributed by atoms with Gasteiger partial charge in [0.05, 0.1) is 37.6 Å². The van der Waals surface area contributed by atoms with Gasteiger partial charge in [-0.2, -0.15) is 0 Å². The van der Waals surface area contributed by atoms with Gasteiger partial charge in [-0.05, 0) is 23.4 Å². The number of benzene rings is 1. The number of rotatable bonds is 5. The van der Waals surface area contributed by atoms with Crippen molar-refractivity contribution in [2.45, 2.75) is 12.8 Å². The summed E-state index contributed by atoms with van der Waals surface area (Å²) in [6.07, 6.45) is 2.38. The van der Waals surface area contributed by atoms with Crippen LogP contribution in [0, 0.1) is 0 Å². The molecule has 4 heteroatoms. The van der Waals surface area contributed by atoms with Crippen LogP contribution in [0.25, 0.3) is 0 Å². The number of carbonyl (C=O) groups excluding carboxylic acids is 1. The number of aryl methyl sites for hydroxylation is 1. The summed E-state index contributed by atoms with van der Waals surface area (Å²) in [5.41, 5.74) is 1.42. The van der Waals surface area contributed by atoms with Crippen molar-refractivity contribution in [2.24, 2.45) is 0 Å². The predicted molar refractivity (Wildman–Crippen MR) is 90.5 cm³/mol. The predicted octanol–water partition coefficient (Wildman–Crippen LogP) is 1.72. The molecule has 1 aliphatic rings. The van der Waals surface area contributed by atoms with Crippen molar-refractivity contribution in [1.82, 2.24) is 4.90 Å². The van der Waals surface area contributed by atoms with E-state index in [0.717, 1.165) is 37.5 Å². The minimum atomic E-state index is 0.207. The van der Waals surface area contributed by atoms with Crippen LogP contribution in [0.5, 0.6) is 0 Å². The van der Waals surface area contributed by atoms with Gasteiger partial charge in [-0.15, -0.1) is 11.3 Å². The quantitative estimate of drug-likeness (QED) is 0.893. The number of thiophene rings is 1. The van der Waals surface area contributed by atoms with Crippen molar-refractivity contribution in [3.63, 3.8) is 0 Å². The molecular weight excluding hydrogens is 292 g/mol. The molecule has 0 unspecified atom stereocenters. The van der Waals surface area contributed by atoms with Crippen LogP contribution in [0.4, 0.5) is 0 Å². The molecular formula is C18H23N2OS+. The molecule has 0 spiro atoms. The van der Waals surface area contributed by atoms with Gasteiger partial charge < -0.3 is 9.80 Å². The van der Waals surface area contributed by atoms with Gasteiger partial charge in [-0.1, -0.05) is 36.4 Å². The van der Waals surface area contributed by atoms with E-state index < -0.39 is 0 Å². The Kier molecular flexibility index (Phi) is 5.24. The monoisotopic (exact) mass is 315 g/mol. The lowest BCUT2D eigenvalue weighted by atomic mass is 10.1. The zero-order valence-electron chi connectivity index (χ0n) is 12.8. The number of carbonyl (C=O) groups is 1. The maximum atomic E-state index is 12.3. The average molecular weight is 315 g/mol. The van der Waals surface area contributed by atoms with Gasteiger partial charge in [0.25, 0.3) is 5.91 Å². The molecule has 3 nitrogen and oxygen atoms in total. The Morgan fingerprint density at radius 3 is 2.55 bits per heavy atom. The number of hydrogen-bond acceptors (Lipinski definition) is 2. The number of amides is 1. The Hall–Kier alpha value is -1.65. The highest BCUT2D eigenvalue weighted by atomic mass is 32.1. The van der Waals surface area contributed by atoms with Crippen LogP contribution < -0.4 is 4.90 Å². The summed E-state index contributed by atoms with van der Waals surface area (Å²) in [6, 6.07) is 14.6. The van der Waals surface area contributed by atoms with E-state index in [-0.39, 0.29) is 5.91 Å². The molecule has 2 aromatic rings. The molecule has 3 rings (SSSR count). The molecule has 1 aromatic carbocycles. The second-order valence-electron chi connectivity index (χ2n) is 5.86. The van der Waals surface area contributed by atoms with Crippen molar-refractivity contribution < 1.29 is 9.69 Å². The van der Waals surface area contributed by atoms with E-state index in [2.05, 4.69) is 30.3 Å². The van der Waals surface area contributed by atoms with Crippen LogP contribution in [0.15, 0.2) is 47.8 Å². The fourth-order valence-electron chi connectivity index (χ4n) is 3.02. The Balaban J connectivity index is 1.39. The maximum Gasteiger partial charge on any atom is 0.264 e. The van der Waals surface area contributed by atoms with E-state index >= 15 is 0 Å². The van der Waals surface area contributed by atoms with Gasteiger partial charge in [0.15, 0.2) is 0 Å². The molecule has 0 atom stereocenters. The molecule has 2 heterocycles. The zero-order valence-corrected chi connectivity index (χ0v) is 13.6. The summed E-state index contributed by atoms with van der Waals surface area (Å²) < 4.78 is 0. The Labute approximate surface area is 136 Å². The molecule has 22 heavy (non-hydrogen) atoms. The Bertz CT molecular complexity index is 574. The number of nitrogens with one attached hydrogen (secondary N) is 1. The summed E-state index contributed by atoms with van der Waals surface area (Å²) in [7, 11) is 0. The van der Waals surface area contributed by atoms with Crippen LogP contribution in [0.2, 0.25) is 0 Å². The lowest BCUT2D eigenvalue weighted by molar-refractivity contribution is -0.904. The van der Waals surface area contributed by atoms with Gasteiger partial charge in [-0.3, -0.25) is 4.79 Å². The highest BCUT2D eigenvalue weighted by Gasteiger charge is 2.24. The SMILES string of the molecule is O=C(c1cccs1)N1CC[NH+](CCCc2ccccc2)CC1. The highest BCUT2D eigenvalue weighted by Crippen LogP contribution is 2.11. The first-order valence-corrected chi connectivity index (χ1v) is 8.91. The normalized spacial score (nSPS) is 15.9. The Morgan fingerprint density at radius 2 is 1.86 bits per heavy atom. The van der Waals surface area contributed by atoms with Crippen LogP contribution in [0.3, 0.4) is 0 Å². The maximum absolute atomic E-state index is 12.3. The number of piperazine rings is 1. The third-order valence-corrected chi connectivity index (χ3v) is 5.19. The molecule has 1 aromatic heterocycles. The van der Waals surface area contributed by atoms with Crippen molar-refractivity contribution >= 4 is 17.2 Å². The fraction of sp³-hybridized carbons (Fsp3) is 0.389. The summed E-state index contributed by atoms with van der Waals surface area (Å²) in [5.74, 6) is 0.207. The van der Waals surface area contributed by atoms with Gasteiger partial charge in [0.1, 0.15) is 0 Å². The first-order chi connectivity index (χ1) is 10.8. The van der Waals surface area contributed by atoms with Crippen molar-refractivity contribution in [3.05, 3.63) is 58.3 Å². The molecule has 0 bridgehead atoms. The van der Waals surface area contributed by atoms with E-state index in [0.29, 0.717) is 0 Å². The smallest absolute Gasteiger partial charge is 0.264 e. The van der Waals surface area contributed by atoms with Gasteiger partial charge in [0.2, 0.25) is 0 Å².